The van der Waals surface area contributed by atoms with Crippen molar-refractivity contribution >= 4 is 27.6 Å². The Labute approximate surface area is 167 Å². The lowest BCUT2D eigenvalue weighted by Gasteiger charge is -2.22. The molecule has 0 radical (unpaired) electrons. The fourth-order valence-electron chi connectivity index (χ4n) is 3.59. The normalized spacial score (nSPS) is 25.6. The summed E-state index contributed by atoms with van der Waals surface area (Å²) in [7, 11) is -3.64. The summed E-state index contributed by atoms with van der Waals surface area (Å²) in [5.74, 6) is 0.0528. The molecule has 1 amide bonds. The summed E-state index contributed by atoms with van der Waals surface area (Å²) in [4.78, 5) is 14.8. The molecule has 10 heteroatoms. The molecule has 7 nitrogen and oxygen atoms in total. The van der Waals surface area contributed by atoms with E-state index in [1.54, 1.807) is 13.0 Å². The number of amides is 1. The third-order valence-corrected chi connectivity index (χ3v) is 6.32. The van der Waals surface area contributed by atoms with Crippen molar-refractivity contribution in [2.75, 3.05) is 26.0 Å². The van der Waals surface area contributed by atoms with Crippen molar-refractivity contribution in [3.05, 3.63) is 22.2 Å². The van der Waals surface area contributed by atoms with Crippen LogP contribution in [0, 0.1) is 6.92 Å². The second-order valence-corrected chi connectivity index (χ2v) is 9.71. The number of rotatable bonds is 5. The van der Waals surface area contributed by atoms with Crippen molar-refractivity contribution in [1.82, 2.24) is 4.90 Å². The minimum Gasteiger partial charge on any atom is -0.490 e. The van der Waals surface area contributed by atoms with E-state index in [1.807, 2.05) is 0 Å². The van der Waals surface area contributed by atoms with E-state index in [0.29, 0.717) is 30.6 Å². The van der Waals surface area contributed by atoms with Crippen LogP contribution in [0.3, 0.4) is 0 Å². The van der Waals surface area contributed by atoms with Gasteiger partial charge in [0.15, 0.2) is 5.75 Å². The van der Waals surface area contributed by atoms with Crippen molar-refractivity contribution in [2.45, 2.75) is 44.0 Å². The summed E-state index contributed by atoms with van der Waals surface area (Å²) in [6.45, 7) is 1.88. The third-order valence-electron chi connectivity index (χ3n) is 5.23. The van der Waals surface area contributed by atoms with Crippen LogP contribution < -0.4 is 9.47 Å². The summed E-state index contributed by atoms with van der Waals surface area (Å²) < 4.78 is 53.5. The molecule has 1 saturated heterocycles. The molecule has 1 aromatic carbocycles. The summed E-state index contributed by atoms with van der Waals surface area (Å²) >= 11 is 6.38. The molecule has 0 unspecified atom stereocenters. The average molecular weight is 434 g/mol. The molecular weight excluding hydrogens is 413 g/mol. The first-order chi connectivity index (χ1) is 13.1. The molecular formula is C18H21ClFNO6S. The average Bonchev–Trinajstić information content (AvgIpc) is 3.22. The predicted molar refractivity (Wildman–Crippen MR) is 99.4 cm³/mol. The summed E-state index contributed by atoms with van der Waals surface area (Å²) in [6.07, 6.45) is 1.51. The topological polar surface area (TPSA) is 82.1 Å². The zero-order chi connectivity index (χ0) is 20.3. The second-order valence-electron chi connectivity index (χ2n) is 7.73. The van der Waals surface area contributed by atoms with Gasteiger partial charge in [-0.2, -0.15) is 8.42 Å². The van der Waals surface area contributed by atoms with Gasteiger partial charge in [0.2, 0.25) is 0 Å². The molecule has 0 aromatic heterocycles. The molecule has 2 atom stereocenters. The van der Waals surface area contributed by atoms with E-state index in [1.165, 1.54) is 4.90 Å². The Kier molecular flexibility index (Phi) is 4.75. The Morgan fingerprint density at radius 3 is 2.79 bits per heavy atom. The second kappa shape index (κ2) is 6.74. The van der Waals surface area contributed by atoms with Gasteiger partial charge in [0.25, 0.3) is 16.0 Å². The number of benzene rings is 1. The number of nitrogens with zero attached hydrogens (tertiary/aromatic N) is 1. The molecule has 0 bridgehead atoms. The van der Waals surface area contributed by atoms with E-state index < -0.39 is 27.8 Å². The quantitative estimate of drug-likeness (QED) is 0.663. The van der Waals surface area contributed by atoms with Gasteiger partial charge in [-0.3, -0.25) is 8.98 Å². The molecule has 2 aliphatic heterocycles. The number of fused-ring (bicyclic) bond motifs is 2. The molecule has 3 aliphatic rings. The maximum Gasteiger partial charge on any atom is 0.264 e. The molecule has 2 fully saturated rings. The van der Waals surface area contributed by atoms with E-state index >= 15 is 0 Å². The lowest BCUT2D eigenvalue weighted by molar-refractivity contribution is 0.0709. The molecule has 154 valence electrons. The monoisotopic (exact) mass is 433 g/mol. The Hall–Kier alpha value is -1.58. The molecule has 2 heterocycles. The number of aryl methyl sites for hydroxylation is 1. The van der Waals surface area contributed by atoms with Gasteiger partial charge in [-0.1, -0.05) is 11.6 Å². The van der Waals surface area contributed by atoms with Gasteiger partial charge in [0.05, 0.1) is 23.4 Å². The lowest BCUT2D eigenvalue weighted by atomic mass is 10.1. The Bertz CT molecular complexity index is 932. The van der Waals surface area contributed by atoms with Crippen LogP contribution in [0.4, 0.5) is 4.39 Å². The van der Waals surface area contributed by atoms with Crippen molar-refractivity contribution in [1.29, 1.82) is 0 Å². The Balaban J connectivity index is 1.66. The van der Waals surface area contributed by atoms with Crippen LogP contribution >= 0.6 is 11.6 Å². The van der Waals surface area contributed by atoms with E-state index in [9.17, 15) is 17.6 Å². The number of hydrogen-bond acceptors (Lipinski definition) is 6. The highest BCUT2D eigenvalue weighted by atomic mass is 35.5. The van der Waals surface area contributed by atoms with Gasteiger partial charge in [-0.25, -0.2) is 4.39 Å². The molecule has 1 saturated carbocycles. The predicted octanol–water partition coefficient (Wildman–Crippen LogP) is 2.48. The largest absolute Gasteiger partial charge is 0.490 e. The lowest BCUT2D eigenvalue weighted by Crippen LogP contribution is -2.37. The standard InChI is InChI=1S/C18H21ClFNO6S/c1-10-5-13-14(16(15(10)19)26-9-18(20)3-4-18)17(22)21-7-12(27-28(2,23)24)6-11(21)8-25-13/h5,11-12H,3-4,6-9H2,1-2H3/t11-,12-/m1/s1. The summed E-state index contributed by atoms with van der Waals surface area (Å²) in [5, 5.41) is 0.238. The smallest absolute Gasteiger partial charge is 0.264 e. The number of carbonyl (C=O) groups is 1. The number of ether oxygens (including phenoxy) is 2. The van der Waals surface area contributed by atoms with Crippen LogP contribution in [-0.2, 0) is 14.3 Å². The van der Waals surface area contributed by atoms with E-state index in [-0.39, 0.29) is 42.1 Å². The zero-order valence-electron chi connectivity index (χ0n) is 15.5. The SMILES string of the molecule is Cc1cc2c(c(OCC3(F)CC3)c1Cl)C(=O)N1C[C@H](OS(C)(=O)=O)C[C@@H]1CO2. The first kappa shape index (κ1) is 19.7. The summed E-state index contributed by atoms with van der Waals surface area (Å²) in [5.41, 5.74) is -0.575. The van der Waals surface area contributed by atoms with Crippen LogP contribution in [0.2, 0.25) is 5.02 Å². The van der Waals surface area contributed by atoms with Crippen molar-refractivity contribution in [3.8, 4) is 11.5 Å². The van der Waals surface area contributed by atoms with Crippen LogP contribution in [0.5, 0.6) is 11.5 Å². The van der Waals surface area contributed by atoms with Crippen LogP contribution in [0.15, 0.2) is 6.07 Å². The minimum atomic E-state index is -3.64. The maximum absolute atomic E-state index is 14.1. The number of carbonyl (C=O) groups excluding carboxylic acids is 1. The van der Waals surface area contributed by atoms with Crippen molar-refractivity contribution in [3.63, 3.8) is 0 Å². The third kappa shape index (κ3) is 3.79. The van der Waals surface area contributed by atoms with Crippen LogP contribution in [0.1, 0.15) is 35.2 Å². The molecule has 28 heavy (non-hydrogen) atoms. The van der Waals surface area contributed by atoms with Gasteiger partial charge in [0, 0.05) is 13.0 Å². The van der Waals surface area contributed by atoms with Crippen LogP contribution in [-0.4, -0.2) is 63.1 Å². The molecule has 1 aromatic rings. The van der Waals surface area contributed by atoms with Gasteiger partial charge in [-0.05, 0) is 31.4 Å². The summed E-state index contributed by atoms with van der Waals surface area (Å²) in [6, 6.07) is 1.33. The number of hydrogen-bond donors (Lipinski definition) is 0. The van der Waals surface area contributed by atoms with Gasteiger partial charge < -0.3 is 14.4 Å². The number of halogens is 2. The fourth-order valence-corrected chi connectivity index (χ4v) is 4.43. The van der Waals surface area contributed by atoms with E-state index in [2.05, 4.69) is 0 Å². The minimum absolute atomic E-state index is 0.108. The zero-order valence-corrected chi connectivity index (χ0v) is 17.1. The van der Waals surface area contributed by atoms with Crippen molar-refractivity contribution in [2.24, 2.45) is 0 Å². The van der Waals surface area contributed by atoms with E-state index in [0.717, 1.165) is 6.26 Å². The van der Waals surface area contributed by atoms with Gasteiger partial charge in [0.1, 0.15) is 30.2 Å². The Morgan fingerprint density at radius 2 is 2.14 bits per heavy atom. The van der Waals surface area contributed by atoms with E-state index in [4.69, 9.17) is 25.3 Å². The highest BCUT2D eigenvalue weighted by Gasteiger charge is 2.46. The highest BCUT2D eigenvalue weighted by Crippen LogP contribution is 2.45. The molecule has 1 aliphatic carbocycles. The molecule has 0 N–H and O–H groups in total. The number of alkyl halides is 1. The first-order valence-electron chi connectivity index (χ1n) is 9.03. The molecule has 0 spiro atoms. The van der Waals surface area contributed by atoms with Gasteiger partial charge in [-0.15, -0.1) is 0 Å². The first-order valence-corrected chi connectivity index (χ1v) is 11.2. The van der Waals surface area contributed by atoms with Gasteiger partial charge >= 0.3 is 0 Å². The molecule has 4 rings (SSSR count). The Morgan fingerprint density at radius 1 is 1.43 bits per heavy atom. The fraction of sp³-hybridized carbons (Fsp3) is 0.611. The highest BCUT2D eigenvalue weighted by molar-refractivity contribution is 7.86. The maximum atomic E-state index is 14.1. The van der Waals surface area contributed by atoms with Crippen LogP contribution in [0.25, 0.3) is 0 Å². The van der Waals surface area contributed by atoms with Crippen molar-refractivity contribution < 1.29 is 31.3 Å².